The molecule has 0 unspecified atom stereocenters. The molecule has 0 aliphatic rings. The number of Topliss-reactive ketones (excluding diaryl/α,β-unsaturated/α-hetero) is 1. The van der Waals surface area contributed by atoms with Gasteiger partial charge in [-0.25, -0.2) is 4.98 Å². The summed E-state index contributed by atoms with van der Waals surface area (Å²) in [4.78, 5) is 45.3. The monoisotopic (exact) mass is 427 g/mol. The predicted molar refractivity (Wildman–Crippen MR) is 118 cm³/mol. The number of amides is 1. The first-order chi connectivity index (χ1) is 13.6. The van der Waals surface area contributed by atoms with Gasteiger partial charge in [-0.2, -0.15) is 0 Å². The fourth-order valence-electron chi connectivity index (χ4n) is 2.44. The van der Waals surface area contributed by atoms with Crippen molar-refractivity contribution in [1.82, 2.24) is 9.97 Å². The van der Waals surface area contributed by atoms with Crippen molar-refractivity contribution in [2.75, 3.05) is 4.90 Å². The highest BCUT2D eigenvalue weighted by atomic mass is 32.1. The minimum atomic E-state index is -0.512. The molecule has 0 bridgehead atoms. The van der Waals surface area contributed by atoms with E-state index in [9.17, 15) is 14.4 Å². The number of carbonyl (C=O) groups is 2. The molecule has 0 saturated heterocycles. The van der Waals surface area contributed by atoms with Crippen LogP contribution in [0, 0.1) is 5.41 Å². The van der Waals surface area contributed by atoms with Gasteiger partial charge in [0.1, 0.15) is 0 Å². The van der Waals surface area contributed by atoms with Crippen molar-refractivity contribution in [1.29, 1.82) is 0 Å². The van der Waals surface area contributed by atoms with Crippen LogP contribution < -0.4 is 19.7 Å². The van der Waals surface area contributed by atoms with E-state index in [1.165, 1.54) is 40.6 Å². The van der Waals surface area contributed by atoms with E-state index in [1.807, 2.05) is 51.1 Å². The van der Waals surface area contributed by atoms with Crippen molar-refractivity contribution in [3.63, 3.8) is 0 Å². The molecule has 0 atom stereocenters. The SMILES string of the molecule is CC(=O)N(c1ccccc1)c1nc(/C=c2\s/c(=C\C(=O)C(C)(C)C)[nH]c2=O)cs1. The Kier molecular flexibility index (Phi) is 5.95. The second kappa shape index (κ2) is 8.26. The Bertz CT molecular complexity index is 1210. The van der Waals surface area contributed by atoms with Gasteiger partial charge in [0, 0.05) is 23.8 Å². The van der Waals surface area contributed by atoms with E-state index in [0.717, 1.165) is 5.69 Å². The molecular weight excluding hydrogens is 406 g/mol. The smallest absolute Gasteiger partial charge is 0.266 e. The number of hydrogen-bond acceptors (Lipinski definition) is 6. The summed E-state index contributed by atoms with van der Waals surface area (Å²) in [6, 6.07) is 9.27. The van der Waals surface area contributed by atoms with Crippen LogP contribution in [0.3, 0.4) is 0 Å². The maximum absolute atomic E-state index is 12.2. The number of carbonyl (C=O) groups excluding carboxylic acids is 2. The standard InChI is InChI=1S/C21H21N3O3S2/c1-13(25)24(15-8-6-5-7-9-15)20-22-14(12-28-20)10-16-19(27)23-18(29-16)11-17(26)21(2,3)4/h5-12H,1-4H3,(H,23,27)/b16-10-,18-11-. The second-order valence-corrected chi connectivity index (χ2v) is 9.35. The molecule has 150 valence electrons. The zero-order chi connectivity index (χ0) is 21.2. The zero-order valence-corrected chi connectivity index (χ0v) is 18.2. The van der Waals surface area contributed by atoms with Crippen LogP contribution in [0.25, 0.3) is 12.2 Å². The third-order valence-corrected chi connectivity index (χ3v) is 5.80. The van der Waals surface area contributed by atoms with E-state index in [1.54, 1.807) is 11.5 Å². The van der Waals surface area contributed by atoms with E-state index in [2.05, 4.69) is 9.97 Å². The lowest BCUT2D eigenvalue weighted by molar-refractivity contribution is -0.120. The lowest BCUT2D eigenvalue weighted by Crippen LogP contribution is -2.22. The van der Waals surface area contributed by atoms with Crippen molar-refractivity contribution < 1.29 is 9.59 Å². The number of anilines is 2. The third-order valence-electron chi connectivity index (χ3n) is 3.99. The molecule has 0 spiro atoms. The van der Waals surface area contributed by atoms with Crippen LogP contribution in [0.15, 0.2) is 40.5 Å². The molecule has 1 N–H and O–H groups in total. The largest absolute Gasteiger partial charge is 0.313 e. The highest BCUT2D eigenvalue weighted by Gasteiger charge is 2.19. The number of aromatic amines is 1. The van der Waals surface area contributed by atoms with Crippen LogP contribution in [0.5, 0.6) is 0 Å². The lowest BCUT2D eigenvalue weighted by atomic mass is 9.91. The average Bonchev–Trinajstić information content (AvgIpc) is 3.22. The summed E-state index contributed by atoms with van der Waals surface area (Å²) in [5.41, 5.74) is 0.520. The summed E-state index contributed by atoms with van der Waals surface area (Å²) in [6.07, 6.45) is 3.12. The number of nitrogens with zero attached hydrogens (tertiary/aromatic N) is 2. The van der Waals surface area contributed by atoms with Crippen LogP contribution in [-0.4, -0.2) is 21.7 Å². The van der Waals surface area contributed by atoms with Gasteiger partial charge in [0.2, 0.25) is 5.91 Å². The van der Waals surface area contributed by atoms with E-state index >= 15 is 0 Å². The molecule has 6 nitrogen and oxygen atoms in total. The summed E-state index contributed by atoms with van der Waals surface area (Å²) in [5.74, 6) is -0.207. The van der Waals surface area contributed by atoms with Crippen molar-refractivity contribution in [2.45, 2.75) is 27.7 Å². The van der Waals surface area contributed by atoms with Gasteiger partial charge >= 0.3 is 0 Å². The van der Waals surface area contributed by atoms with E-state index in [-0.39, 0.29) is 17.2 Å². The summed E-state index contributed by atoms with van der Waals surface area (Å²) >= 11 is 2.52. The topological polar surface area (TPSA) is 83.1 Å². The molecule has 3 aromatic rings. The number of thiazole rings is 2. The van der Waals surface area contributed by atoms with Gasteiger partial charge in [-0.1, -0.05) is 39.0 Å². The van der Waals surface area contributed by atoms with Gasteiger partial charge < -0.3 is 4.98 Å². The molecule has 3 rings (SSSR count). The van der Waals surface area contributed by atoms with Gasteiger partial charge in [0.15, 0.2) is 10.9 Å². The van der Waals surface area contributed by atoms with Crippen molar-refractivity contribution in [3.05, 3.63) is 61.0 Å². The number of aromatic nitrogens is 2. The van der Waals surface area contributed by atoms with Crippen LogP contribution in [-0.2, 0) is 9.59 Å². The van der Waals surface area contributed by atoms with Crippen molar-refractivity contribution >= 4 is 57.3 Å². The Hall–Kier alpha value is -2.84. The van der Waals surface area contributed by atoms with Gasteiger partial charge in [0.05, 0.1) is 20.6 Å². The Morgan fingerprint density at radius 3 is 2.48 bits per heavy atom. The number of para-hydroxylation sites is 1. The van der Waals surface area contributed by atoms with Crippen LogP contribution in [0.2, 0.25) is 0 Å². The summed E-state index contributed by atoms with van der Waals surface area (Å²) < 4.78 is 0.954. The Balaban J connectivity index is 1.97. The number of hydrogen-bond donors (Lipinski definition) is 1. The molecule has 2 aromatic heterocycles. The van der Waals surface area contributed by atoms with Gasteiger partial charge in [0.25, 0.3) is 5.56 Å². The molecule has 1 amide bonds. The molecule has 0 aliphatic heterocycles. The molecule has 0 aliphatic carbocycles. The number of benzene rings is 1. The Morgan fingerprint density at radius 2 is 1.86 bits per heavy atom. The van der Waals surface area contributed by atoms with E-state index in [4.69, 9.17) is 0 Å². The molecule has 8 heteroatoms. The molecule has 0 radical (unpaired) electrons. The highest BCUT2D eigenvalue weighted by Crippen LogP contribution is 2.28. The fraction of sp³-hybridized carbons (Fsp3) is 0.238. The quantitative estimate of drug-likeness (QED) is 0.694. The predicted octanol–water partition coefficient (Wildman–Crippen LogP) is 2.80. The van der Waals surface area contributed by atoms with Gasteiger partial charge in [-0.3, -0.25) is 19.3 Å². The van der Waals surface area contributed by atoms with Crippen LogP contribution in [0.4, 0.5) is 10.8 Å². The minimum Gasteiger partial charge on any atom is -0.313 e. The van der Waals surface area contributed by atoms with Gasteiger partial charge in [-0.15, -0.1) is 22.7 Å². The first-order valence-electron chi connectivity index (χ1n) is 8.93. The first kappa shape index (κ1) is 20.9. The Labute approximate surface area is 175 Å². The van der Waals surface area contributed by atoms with Crippen molar-refractivity contribution in [3.8, 4) is 0 Å². The molecule has 0 fully saturated rings. The summed E-state index contributed by atoms with van der Waals surface area (Å²) in [5, 5.41) is 2.31. The van der Waals surface area contributed by atoms with E-state index < -0.39 is 5.41 Å². The molecular formula is C21H21N3O3S2. The van der Waals surface area contributed by atoms with E-state index in [0.29, 0.717) is 20.0 Å². The molecule has 1 aromatic carbocycles. The number of H-pyrrole nitrogens is 1. The summed E-state index contributed by atoms with van der Waals surface area (Å²) in [7, 11) is 0. The normalized spacial score (nSPS) is 13.0. The van der Waals surface area contributed by atoms with Crippen LogP contribution >= 0.6 is 22.7 Å². The maximum Gasteiger partial charge on any atom is 0.266 e. The van der Waals surface area contributed by atoms with Crippen LogP contribution in [0.1, 0.15) is 33.4 Å². The number of rotatable bonds is 4. The number of ketones is 1. The second-order valence-electron chi connectivity index (χ2n) is 7.43. The van der Waals surface area contributed by atoms with Gasteiger partial charge in [-0.05, 0) is 18.2 Å². The molecule has 0 saturated carbocycles. The maximum atomic E-state index is 12.2. The highest BCUT2D eigenvalue weighted by molar-refractivity contribution is 7.14. The third kappa shape index (κ3) is 4.96. The fourth-order valence-corrected chi connectivity index (χ4v) is 4.16. The minimum absolute atomic E-state index is 0.0579. The lowest BCUT2D eigenvalue weighted by Gasteiger charge is -2.17. The molecule has 2 heterocycles. The number of nitrogens with one attached hydrogen (secondary N) is 1. The Morgan fingerprint density at radius 1 is 1.17 bits per heavy atom. The first-order valence-corrected chi connectivity index (χ1v) is 10.6. The average molecular weight is 428 g/mol. The summed E-state index contributed by atoms with van der Waals surface area (Å²) in [6.45, 7) is 6.97. The zero-order valence-electron chi connectivity index (χ0n) is 16.6. The molecule has 29 heavy (non-hydrogen) atoms. The van der Waals surface area contributed by atoms with Crippen molar-refractivity contribution in [2.24, 2.45) is 5.41 Å².